The maximum atomic E-state index is 2.47. The number of hydrogen-bond donors (Lipinski definition) is 0. The highest BCUT2D eigenvalue weighted by Gasteiger charge is 2.34. The molecule has 0 unspecified atom stereocenters. The summed E-state index contributed by atoms with van der Waals surface area (Å²) in [6.45, 7) is 4.69. The Labute approximate surface area is 164 Å². The van der Waals surface area contributed by atoms with E-state index < -0.39 is 0 Å². The Morgan fingerprint density at radius 3 is 2.21 bits per heavy atom. The largest absolute Gasteiger partial charge is 0.309 e. The molecule has 0 saturated heterocycles. The average molecular weight is 359 g/mol. The van der Waals surface area contributed by atoms with Crippen LogP contribution in [-0.4, -0.2) is 4.57 Å². The molecule has 0 aliphatic carbocycles. The lowest BCUT2D eigenvalue weighted by Gasteiger charge is -2.34. The van der Waals surface area contributed by atoms with Crippen molar-refractivity contribution in [2.24, 2.45) is 0 Å². The van der Waals surface area contributed by atoms with E-state index in [0.29, 0.717) is 0 Å². The fourth-order valence-electron chi connectivity index (χ4n) is 4.98. The molecule has 1 aliphatic heterocycles. The predicted molar refractivity (Wildman–Crippen MR) is 118 cm³/mol. The Morgan fingerprint density at radius 1 is 0.607 bits per heavy atom. The van der Waals surface area contributed by atoms with Crippen molar-refractivity contribution < 1.29 is 0 Å². The van der Waals surface area contributed by atoms with Crippen molar-refractivity contribution in [3.05, 3.63) is 102 Å². The van der Waals surface area contributed by atoms with Gasteiger partial charge in [0, 0.05) is 16.2 Å². The maximum absolute atomic E-state index is 2.47. The van der Waals surface area contributed by atoms with Gasteiger partial charge in [0.2, 0.25) is 0 Å². The summed E-state index contributed by atoms with van der Waals surface area (Å²) >= 11 is 0. The fourth-order valence-corrected chi connectivity index (χ4v) is 4.98. The lowest BCUT2D eigenvalue weighted by atomic mass is 9.75. The maximum Gasteiger partial charge on any atom is 0.0582 e. The summed E-state index contributed by atoms with van der Waals surface area (Å²) < 4.78 is 2.47. The van der Waals surface area contributed by atoms with Crippen LogP contribution in [0.3, 0.4) is 0 Å². The van der Waals surface area contributed by atoms with Gasteiger partial charge in [-0.2, -0.15) is 0 Å². The fraction of sp³-hybridized carbons (Fsp3) is 0.111. The van der Waals surface area contributed by atoms with Crippen molar-refractivity contribution >= 4 is 21.8 Å². The van der Waals surface area contributed by atoms with Gasteiger partial charge in [0.25, 0.3) is 0 Å². The van der Waals surface area contributed by atoms with E-state index in [0.717, 1.165) is 0 Å². The van der Waals surface area contributed by atoms with Gasteiger partial charge in [0.05, 0.1) is 16.7 Å². The number of fused-ring (bicyclic) bond motifs is 5. The van der Waals surface area contributed by atoms with Crippen molar-refractivity contribution in [2.45, 2.75) is 19.3 Å². The van der Waals surface area contributed by atoms with Gasteiger partial charge in [-0.25, -0.2) is 0 Å². The molecule has 1 nitrogen and oxygen atoms in total. The molecular weight excluding hydrogens is 338 g/mol. The first-order chi connectivity index (χ1) is 13.7. The molecule has 5 aromatic rings. The zero-order valence-corrected chi connectivity index (χ0v) is 16.1. The van der Waals surface area contributed by atoms with Gasteiger partial charge in [-0.15, -0.1) is 0 Å². The number of aromatic nitrogens is 1. The molecule has 0 saturated carbocycles. The van der Waals surface area contributed by atoms with E-state index in [9.17, 15) is 0 Å². The standard InChI is InChI=1S/C27H21N/c1-27(2)22-12-6-7-14-25(22)28-24-16-15-19(18-9-4-3-5-10-18)17-21(24)20-11-8-13-23(27)26(20)28/h3-17H,1-2H3. The lowest BCUT2D eigenvalue weighted by Crippen LogP contribution is -2.26. The highest BCUT2D eigenvalue weighted by Crippen LogP contribution is 2.47. The third kappa shape index (κ3) is 1.91. The van der Waals surface area contributed by atoms with E-state index in [1.54, 1.807) is 0 Å². The number of para-hydroxylation sites is 2. The van der Waals surface area contributed by atoms with Crippen LogP contribution in [0.2, 0.25) is 0 Å². The lowest BCUT2D eigenvalue weighted by molar-refractivity contribution is 0.630. The zero-order valence-electron chi connectivity index (χ0n) is 16.1. The molecule has 0 spiro atoms. The van der Waals surface area contributed by atoms with Crippen LogP contribution in [-0.2, 0) is 5.41 Å². The summed E-state index contributed by atoms with van der Waals surface area (Å²) in [6.07, 6.45) is 0. The van der Waals surface area contributed by atoms with Crippen LogP contribution in [0.1, 0.15) is 25.0 Å². The average Bonchev–Trinajstić information content (AvgIpc) is 3.07. The summed E-state index contributed by atoms with van der Waals surface area (Å²) in [6, 6.07) is 33.2. The molecule has 0 N–H and O–H groups in total. The van der Waals surface area contributed by atoms with Crippen LogP contribution in [0, 0.1) is 0 Å². The molecule has 0 atom stereocenters. The first kappa shape index (κ1) is 15.7. The molecule has 0 amide bonds. The third-order valence-corrected chi connectivity index (χ3v) is 6.39. The Hall–Kier alpha value is -3.32. The van der Waals surface area contributed by atoms with Crippen molar-refractivity contribution in [1.29, 1.82) is 0 Å². The van der Waals surface area contributed by atoms with Crippen LogP contribution in [0.4, 0.5) is 0 Å². The number of rotatable bonds is 1. The van der Waals surface area contributed by atoms with E-state index in [1.807, 2.05) is 0 Å². The molecule has 1 aromatic heterocycles. The Morgan fingerprint density at radius 2 is 1.36 bits per heavy atom. The van der Waals surface area contributed by atoms with Crippen LogP contribution < -0.4 is 0 Å². The van der Waals surface area contributed by atoms with E-state index in [4.69, 9.17) is 0 Å². The van der Waals surface area contributed by atoms with Gasteiger partial charge < -0.3 is 4.57 Å². The smallest absolute Gasteiger partial charge is 0.0582 e. The molecule has 6 rings (SSSR count). The molecule has 28 heavy (non-hydrogen) atoms. The normalized spacial score (nSPS) is 14.4. The van der Waals surface area contributed by atoms with E-state index in [-0.39, 0.29) is 5.41 Å². The van der Waals surface area contributed by atoms with Gasteiger partial charge in [0.1, 0.15) is 0 Å². The summed E-state index contributed by atoms with van der Waals surface area (Å²) in [5, 5.41) is 2.67. The predicted octanol–water partition coefficient (Wildman–Crippen LogP) is 7.09. The quantitative estimate of drug-likeness (QED) is 0.301. The number of benzene rings is 4. The molecule has 1 aliphatic rings. The number of hydrogen-bond acceptors (Lipinski definition) is 0. The van der Waals surface area contributed by atoms with Gasteiger partial charge >= 0.3 is 0 Å². The minimum atomic E-state index is -0.0112. The van der Waals surface area contributed by atoms with Crippen molar-refractivity contribution in [1.82, 2.24) is 4.57 Å². The topological polar surface area (TPSA) is 4.93 Å². The Kier molecular flexibility index (Phi) is 3.01. The minimum absolute atomic E-state index is 0.0112. The first-order valence-electron chi connectivity index (χ1n) is 9.89. The van der Waals surface area contributed by atoms with Crippen LogP contribution in [0.5, 0.6) is 0 Å². The monoisotopic (exact) mass is 359 g/mol. The van der Waals surface area contributed by atoms with Crippen molar-refractivity contribution in [2.75, 3.05) is 0 Å². The first-order valence-corrected chi connectivity index (χ1v) is 9.89. The molecule has 4 aromatic carbocycles. The summed E-state index contributed by atoms with van der Waals surface area (Å²) in [5.41, 5.74) is 9.25. The second-order valence-corrected chi connectivity index (χ2v) is 8.28. The molecular formula is C27H21N. The molecule has 1 heteroatoms. The molecule has 0 fully saturated rings. The molecule has 0 bridgehead atoms. The van der Waals surface area contributed by atoms with Crippen molar-refractivity contribution in [3.63, 3.8) is 0 Å². The van der Waals surface area contributed by atoms with Gasteiger partial charge in [-0.1, -0.05) is 86.6 Å². The highest BCUT2D eigenvalue weighted by molar-refractivity contribution is 6.12. The molecule has 2 heterocycles. The minimum Gasteiger partial charge on any atom is -0.309 e. The summed E-state index contributed by atoms with van der Waals surface area (Å²) in [4.78, 5) is 0. The second-order valence-electron chi connectivity index (χ2n) is 8.28. The number of nitrogens with zero attached hydrogens (tertiary/aromatic N) is 1. The van der Waals surface area contributed by atoms with Gasteiger partial charge in [-0.05, 0) is 40.5 Å². The second kappa shape index (κ2) is 5.36. The van der Waals surface area contributed by atoms with E-state index in [1.165, 1.54) is 49.7 Å². The summed E-state index contributed by atoms with van der Waals surface area (Å²) in [5.74, 6) is 0. The Bertz CT molecular complexity index is 1370. The Balaban J connectivity index is 1.78. The highest BCUT2D eigenvalue weighted by atomic mass is 15.0. The molecule has 0 radical (unpaired) electrons. The zero-order chi connectivity index (χ0) is 18.9. The molecule has 134 valence electrons. The SMILES string of the molecule is CC1(C)c2ccccc2-n2c3ccc(-c4ccccc4)cc3c3cccc1c32. The third-order valence-electron chi connectivity index (χ3n) is 6.39. The summed E-state index contributed by atoms with van der Waals surface area (Å²) in [7, 11) is 0. The van der Waals surface area contributed by atoms with Crippen LogP contribution in [0.15, 0.2) is 91.0 Å². The van der Waals surface area contributed by atoms with E-state index in [2.05, 4.69) is 109 Å². The van der Waals surface area contributed by atoms with Crippen LogP contribution >= 0.6 is 0 Å². The van der Waals surface area contributed by atoms with Crippen LogP contribution in [0.25, 0.3) is 38.6 Å². The van der Waals surface area contributed by atoms with Gasteiger partial charge in [0.15, 0.2) is 0 Å². The van der Waals surface area contributed by atoms with Crippen molar-refractivity contribution in [3.8, 4) is 16.8 Å². The van der Waals surface area contributed by atoms with E-state index >= 15 is 0 Å². The van der Waals surface area contributed by atoms with Gasteiger partial charge in [-0.3, -0.25) is 0 Å².